The molecule has 4 N–H and O–H groups in total. The van der Waals surface area contributed by atoms with Crippen molar-refractivity contribution < 1.29 is 28.7 Å². The number of anilines is 1. The molecule has 3 heterocycles. The topological polar surface area (TPSA) is 147 Å². The summed E-state index contributed by atoms with van der Waals surface area (Å²) in [4.78, 5) is 47.2. The third-order valence-electron chi connectivity index (χ3n) is 4.63. The van der Waals surface area contributed by atoms with E-state index in [1.807, 2.05) is 0 Å². The molecule has 0 saturated carbocycles. The summed E-state index contributed by atoms with van der Waals surface area (Å²) in [5.74, 6) is -2.46. The van der Waals surface area contributed by atoms with E-state index in [0.29, 0.717) is 11.3 Å². The third-order valence-corrected chi connectivity index (χ3v) is 6.49. The number of nitrogens with one attached hydrogen (secondary N) is 1. The van der Waals surface area contributed by atoms with E-state index in [1.165, 1.54) is 47.5 Å². The lowest BCUT2D eigenvalue weighted by Crippen LogP contribution is -2.70. The number of halogens is 1. The number of benzene rings is 1. The number of aliphatic carboxylic acids is 1. The van der Waals surface area contributed by atoms with Crippen LogP contribution in [-0.2, 0) is 25.8 Å². The van der Waals surface area contributed by atoms with Gasteiger partial charge in [0.25, 0.3) is 11.8 Å². The molecule has 13 heteroatoms. The van der Waals surface area contributed by atoms with Gasteiger partial charge in [0.05, 0.1) is 0 Å². The Labute approximate surface area is 188 Å². The fraction of sp³-hybridized carbons (Fsp3) is 0.211. The van der Waals surface area contributed by atoms with Crippen LogP contribution in [0, 0.1) is 5.82 Å². The van der Waals surface area contributed by atoms with E-state index in [0.717, 1.165) is 16.2 Å². The van der Waals surface area contributed by atoms with Crippen molar-refractivity contribution in [3.8, 4) is 0 Å². The maximum Gasteiger partial charge on any atom is 0.352 e. The van der Waals surface area contributed by atoms with E-state index < -0.39 is 35.0 Å². The Morgan fingerprint density at radius 3 is 2.78 bits per heavy atom. The number of oxime groups is 1. The molecule has 0 spiro atoms. The first-order chi connectivity index (χ1) is 15.3. The monoisotopic (exact) mass is 477 g/mol. The quantitative estimate of drug-likeness (QED) is 0.306. The summed E-state index contributed by atoms with van der Waals surface area (Å²) in [6.07, 6.45) is 1.45. The molecule has 166 valence electrons. The zero-order chi connectivity index (χ0) is 22.8. The van der Waals surface area contributed by atoms with Gasteiger partial charge in [-0.2, -0.15) is 0 Å². The van der Waals surface area contributed by atoms with Crippen LogP contribution in [0.5, 0.6) is 0 Å². The Morgan fingerprint density at radius 1 is 1.38 bits per heavy atom. The molecule has 10 nitrogen and oxygen atoms in total. The van der Waals surface area contributed by atoms with Crippen LogP contribution in [0.2, 0.25) is 0 Å². The second-order valence-corrected chi connectivity index (χ2v) is 8.73. The minimum Gasteiger partial charge on any atom is -0.477 e. The van der Waals surface area contributed by atoms with Gasteiger partial charge in [-0.05, 0) is 23.8 Å². The Bertz CT molecular complexity index is 1130. The van der Waals surface area contributed by atoms with E-state index in [-0.39, 0.29) is 28.8 Å². The summed E-state index contributed by atoms with van der Waals surface area (Å²) >= 11 is 2.43. The largest absolute Gasteiger partial charge is 0.477 e. The van der Waals surface area contributed by atoms with E-state index in [1.54, 1.807) is 0 Å². The van der Waals surface area contributed by atoms with Gasteiger partial charge in [0.1, 0.15) is 35.2 Å². The maximum absolute atomic E-state index is 13.0. The molecule has 0 aliphatic carbocycles. The number of thiazole rings is 1. The first-order valence-corrected chi connectivity index (χ1v) is 11.1. The lowest BCUT2D eigenvalue weighted by atomic mass is 10.0. The number of carboxylic acids is 1. The van der Waals surface area contributed by atoms with Crippen LogP contribution in [0.15, 0.2) is 46.6 Å². The van der Waals surface area contributed by atoms with Crippen LogP contribution >= 0.6 is 23.1 Å². The van der Waals surface area contributed by atoms with Crippen molar-refractivity contribution in [2.45, 2.75) is 18.0 Å². The second kappa shape index (κ2) is 8.96. The molecule has 0 radical (unpaired) electrons. The summed E-state index contributed by atoms with van der Waals surface area (Å²) in [6, 6.07) is 4.65. The van der Waals surface area contributed by atoms with Crippen molar-refractivity contribution in [3.63, 3.8) is 0 Å². The minimum atomic E-state index is -1.21. The molecular formula is C19H16FN5O5S2. The molecule has 1 aromatic carbocycles. The van der Waals surface area contributed by atoms with E-state index >= 15 is 0 Å². The third kappa shape index (κ3) is 4.29. The second-order valence-electron chi connectivity index (χ2n) is 6.69. The van der Waals surface area contributed by atoms with Crippen LogP contribution in [0.3, 0.4) is 0 Å². The number of hydrogen-bond donors (Lipinski definition) is 3. The smallest absolute Gasteiger partial charge is 0.352 e. The molecule has 2 amide bonds. The molecular weight excluding hydrogens is 461 g/mol. The van der Waals surface area contributed by atoms with E-state index in [2.05, 4.69) is 15.5 Å². The van der Waals surface area contributed by atoms with Crippen molar-refractivity contribution in [2.24, 2.45) is 5.16 Å². The predicted octanol–water partition coefficient (Wildman–Crippen LogP) is 1.15. The fourth-order valence-electron chi connectivity index (χ4n) is 3.10. The average Bonchev–Trinajstić information content (AvgIpc) is 3.21. The van der Waals surface area contributed by atoms with Gasteiger partial charge in [-0.25, -0.2) is 14.2 Å². The van der Waals surface area contributed by atoms with Crippen LogP contribution in [0.4, 0.5) is 9.52 Å². The van der Waals surface area contributed by atoms with Crippen LogP contribution in [0.1, 0.15) is 11.3 Å². The Hall–Kier alpha value is -3.45. The molecule has 0 bridgehead atoms. The molecule has 1 saturated heterocycles. The molecule has 2 aliphatic rings. The predicted molar refractivity (Wildman–Crippen MR) is 115 cm³/mol. The molecule has 2 aliphatic heterocycles. The Morgan fingerprint density at radius 2 is 2.12 bits per heavy atom. The average molecular weight is 477 g/mol. The summed E-state index contributed by atoms with van der Waals surface area (Å²) in [5, 5.41) is 16.9. The first kappa shape index (κ1) is 21.8. The molecule has 1 fully saturated rings. The number of β-lactam (4-membered cyclic amide) rings is 1. The molecule has 2 atom stereocenters. The van der Waals surface area contributed by atoms with Crippen LogP contribution in [-0.4, -0.2) is 55.7 Å². The normalized spacial score (nSPS) is 20.2. The maximum atomic E-state index is 13.0. The van der Waals surface area contributed by atoms with Crippen LogP contribution < -0.4 is 11.1 Å². The molecule has 4 rings (SSSR count). The lowest BCUT2D eigenvalue weighted by Gasteiger charge is -2.48. The number of carbonyl (C=O) groups excluding carboxylic acids is 2. The standard InChI is InChI=1S/C19H16FN5O5S2/c20-10-3-1-9(2-4-10)7-30-24-13(11-8-32-19(21)22-11)15(26)23-14-16(27)25-12(18(28)29)5-6-31-17(14)25/h1-5,8,14,17H,6-7H2,(H2,21,22)(H,23,26)(H,28,29)/b24-13+. The van der Waals surface area contributed by atoms with Crippen molar-refractivity contribution in [3.05, 3.63) is 58.5 Å². The number of thioether (sulfide) groups is 1. The first-order valence-electron chi connectivity index (χ1n) is 9.20. The highest BCUT2D eigenvalue weighted by atomic mass is 32.2. The lowest BCUT2D eigenvalue weighted by molar-refractivity contribution is -0.150. The number of fused-ring (bicyclic) bond motifs is 1. The summed E-state index contributed by atoms with van der Waals surface area (Å²) in [6.45, 7) is -0.0297. The number of carbonyl (C=O) groups is 3. The van der Waals surface area contributed by atoms with Crippen molar-refractivity contribution in [1.29, 1.82) is 0 Å². The SMILES string of the molecule is Nc1nc(/C(=N\OCc2ccc(F)cc2)C(=O)NC2C(=O)N3C(C(=O)O)=CCSC23)cs1. The van der Waals surface area contributed by atoms with Gasteiger partial charge < -0.3 is 21.0 Å². The van der Waals surface area contributed by atoms with Gasteiger partial charge in [-0.1, -0.05) is 17.3 Å². The van der Waals surface area contributed by atoms with Gasteiger partial charge >= 0.3 is 5.97 Å². The number of nitrogens with zero attached hydrogens (tertiary/aromatic N) is 3. The summed E-state index contributed by atoms with van der Waals surface area (Å²) in [5.41, 5.74) is 6.15. The summed E-state index contributed by atoms with van der Waals surface area (Å²) < 4.78 is 13.0. The van der Waals surface area contributed by atoms with Crippen molar-refractivity contribution >= 4 is 51.7 Å². The number of nitrogens with two attached hydrogens (primary N) is 1. The van der Waals surface area contributed by atoms with Crippen molar-refractivity contribution in [2.75, 3.05) is 11.5 Å². The highest BCUT2D eigenvalue weighted by Crippen LogP contribution is 2.37. The zero-order valence-corrected chi connectivity index (χ0v) is 17.9. The van der Waals surface area contributed by atoms with Crippen LogP contribution in [0.25, 0.3) is 0 Å². The number of carboxylic acid groups (broad SMARTS) is 1. The zero-order valence-electron chi connectivity index (χ0n) is 16.2. The van der Waals surface area contributed by atoms with Gasteiger partial charge in [-0.15, -0.1) is 23.1 Å². The Balaban J connectivity index is 1.48. The molecule has 32 heavy (non-hydrogen) atoms. The van der Waals surface area contributed by atoms with Crippen molar-refractivity contribution in [1.82, 2.24) is 15.2 Å². The van der Waals surface area contributed by atoms with E-state index in [4.69, 9.17) is 10.6 Å². The fourth-order valence-corrected chi connectivity index (χ4v) is 4.84. The molecule has 2 unspecified atom stereocenters. The number of aromatic nitrogens is 1. The number of nitrogen functional groups attached to an aromatic ring is 1. The molecule has 1 aromatic heterocycles. The summed E-state index contributed by atoms with van der Waals surface area (Å²) in [7, 11) is 0. The number of hydrogen-bond acceptors (Lipinski definition) is 9. The number of rotatable bonds is 7. The highest BCUT2D eigenvalue weighted by Gasteiger charge is 2.53. The molecule has 2 aromatic rings. The highest BCUT2D eigenvalue weighted by molar-refractivity contribution is 8.00. The van der Waals surface area contributed by atoms with Gasteiger partial charge in [-0.3, -0.25) is 14.5 Å². The Kier molecular flexibility index (Phi) is 6.10. The van der Waals surface area contributed by atoms with E-state index in [9.17, 15) is 23.9 Å². The number of amides is 2. The van der Waals surface area contributed by atoms with Gasteiger partial charge in [0.15, 0.2) is 10.8 Å². The van der Waals surface area contributed by atoms with Gasteiger partial charge in [0.2, 0.25) is 0 Å². The van der Waals surface area contributed by atoms with Gasteiger partial charge in [0, 0.05) is 11.1 Å². The minimum absolute atomic E-state index is 0.0297.